The molecule has 0 spiro atoms. The summed E-state index contributed by atoms with van der Waals surface area (Å²) in [4.78, 5) is 0. The number of hydrogen-bond acceptors (Lipinski definition) is 3. The molecule has 4 heteroatoms. The molecule has 0 amide bonds. The van der Waals surface area contributed by atoms with Gasteiger partial charge in [0, 0.05) is 16.1 Å². The van der Waals surface area contributed by atoms with E-state index in [1.54, 1.807) is 6.92 Å². The Hall–Kier alpha value is -0.580. The summed E-state index contributed by atoms with van der Waals surface area (Å²) in [6.45, 7) is 9.13. The zero-order valence-corrected chi connectivity index (χ0v) is 13.8. The SMILES string of the molecule is CCNC(C)c1ccc(Br)cc1OCC(C)(O)CC. The first-order valence-electron chi connectivity index (χ1n) is 6.77. The number of rotatable bonds is 7. The lowest BCUT2D eigenvalue weighted by atomic mass is 10.0. The number of aliphatic hydroxyl groups is 1. The molecule has 1 rings (SSSR count). The molecule has 1 aromatic carbocycles. The minimum Gasteiger partial charge on any atom is -0.490 e. The smallest absolute Gasteiger partial charge is 0.125 e. The fourth-order valence-corrected chi connectivity index (χ4v) is 2.08. The van der Waals surface area contributed by atoms with Crippen molar-refractivity contribution in [3.05, 3.63) is 28.2 Å². The zero-order chi connectivity index (χ0) is 14.5. The van der Waals surface area contributed by atoms with Crippen molar-refractivity contribution in [1.82, 2.24) is 5.32 Å². The summed E-state index contributed by atoms with van der Waals surface area (Å²) in [5.74, 6) is 0.816. The van der Waals surface area contributed by atoms with Gasteiger partial charge in [-0.25, -0.2) is 0 Å². The second-order valence-corrected chi connectivity index (χ2v) is 6.02. The third-order valence-electron chi connectivity index (χ3n) is 3.25. The van der Waals surface area contributed by atoms with Crippen LogP contribution in [0.15, 0.2) is 22.7 Å². The van der Waals surface area contributed by atoms with Crippen LogP contribution in [0.2, 0.25) is 0 Å². The van der Waals surface area contributed by atoms with Gasteiger partial charge < -0.3 is 15.2 Å². The maximum absolute atomic E-state index is 10.0. The predicted molar refractivity (Wildman–Crippen MR) is 82.6 cm³/mol. The van der Waals surface area contributed by atoms with Gasteiger partial charge >= 0.3 is 0 Å². The fourth-order valence-electron chi connectivity index (χ4n) is 1.74. The van der Waals surface area contributed by atoms with Crippen LogP contribution in [-0.4, -0.2) is 23.9 Å². The largest absolute Gasteiger partial charge is 0.490 e. The summed E-state index contributed by atoms with van der Waals surface area (Å²) in [5.41, 5.74) is 0.318. The lowest BCUT2D eigenvalue weighted by Crippen LogP contribution is -2.31. The summed E-state index contributed by atoms with van der Waals surface area (Å²) in [7, 11) is 0. The highest BCUT2D eigenvalue weighted by molar-refractivity contribution is 9.10. The Morgan fingerprint density at radius 3 is 2.68 bits per heavy atom. The molecule has 1 aromatic rings. The van der Waals surface area contributed by atoms with E-state index < -0.39 is 5.60 Å². The van der Waals surface area contributed by atoms with Crippen molar-refractivity contribution >= 4 is 15.9 Å². The summed E-state index contributed by atoms with van der Waals surface area (Å²) in [5, 5.41) is 13.4. The van der Waals surface area contributed by atoms with Crippen molar-refractivity contribution in [3.8, 4) is 5.75 Å². The van der Waals surface area contributed by atoms with E-state index in [0.717, 1.165) is 22.3 Å². The predicted octanol–water partition coefficient (Wildman–Crippen LogP) is 3.66. The molecular weight excluding hydrogens is 306 g/mol. The van der Waals surface area contributed by atoms with E-state index in [-0.39, 0.29) is 6.04 Å². The topological polar surface area (TPSA) is 41.5 Å². The van der Waals surface area contributed by atoms with Crippen molar-refractivity contribution in [2.24, 2.45) is 0 Å². The van der Waals surface area contributed by atoms with E-state index in [1.165, 1.54) is 0 Å². The van der Waals surface area contributed by atoms with Gasteiger partial charge in [-0.15, -0.1) is 0 Å². The van der Waals surface area contributed by atoms with Crippen LogP contribution in [-0.2, 0) is 0 Å². The van der Waals surface area contributed by atoms with Gasteiger partial charge in [0.2, 0.25) is 0 Å². The van der Waals surface area contributed by atoms with E-state index in [4.69, 9.17) is 4.74 Å². The van der Waals surface area contributed by atoms with E-state index in [9.17, 15) is 5.11 Å². The first kappa shape index (κ1) is 16.5. The molecular formula is C15H24BrNO2. The van der Waals surface area contributed by atoms with Crippen LogP contribution in [0.25, 0.3) is 0 Å². The second kappa shape index (κ2) is 7.27. The number of benzene rings is 1. The summed E-state index contributed by atoms with van der Waals surface area (Å²) >= 11 is 3.46. The first-order chi connectivity index (χ1) is 8.89. The lowest BCUT2D eigenvalue weighted by molar-refractivity contribution is 0.00803. The number of halogens is 1. The van der Waals surface area contributed by atoms with Crippen molar-refractivity contribution < 1.29 is 9.84 Å². The monoisotopic (exact) mass is 329 g/mol. The van der Waals surface area contributed by atoms with Gasteiger partial charge in [0.05, 0.1) is 5.60 Å². The molecule has 3 nitrogen and oxygen atoms in total. The van der Waals surface area contributed by atoms with Crippen LogP contribution in [0.5, 0.6) is 5.75 Å². The van der Waals surface area contributed by atoms with Gasteiger partial charge in [0.1, 0.15) is 12.4 Å². The molecule has 2 atom stereocenters. The molecule has 108 valence electrons. The van der Waals surface area contributed by atoms with E-state index >= 15 is 0 Å². The average Bonchev–Trinajstić information content (AvgIpc) is 2.37. The minimum absolute atomic E-state index is 0.222. The van der Waals surface area contributed by atoms with Crippen LogP contribution < -0.4 is 10.1 Å². The highest BCUT2D eigenvalue weighted by Gasteiger charge is 2.20. The Morgan fingerprint density at radius 1 is 1.42 bits per heavy atom. The van der Waals surface area contributed by atoms with Crippen molar-refractivity contribution in [2.75, 3.05) is 13.2 Å². The molecule has 0 heterocycles. The number of nitrogens with one attached hydrogen (secondary N) is 1. The van der Waals surface area contributed by atoms with E-state index in [2.05, 4.69) is 35.1 Å². The van der Waals surface area contributed by atoms with Crippen LogP contribution in [0.4, 0.5) is 0 Å². The zero-order valence-electron chi connectivity index (χ0n) is 12.2. The third-order valence-corrected chi connectivity index (χ3v) is 3.75. The molecule has 0 aliphatic rings. The van der Waals surface area contributed by atoms with E-state index in [1.807, 2.05) is 25.1 Å². The fraction of sp³-hybridized carbons (Fsp3) is 0.600. The number of hydrogen-bond donors (Lipinski definition) is 2. The molecule has 0 radical (unpaired) electrons. The van der Waals surface area contributed by atoms with Gasteiger partial charge in [0.15, 0.2) is 0 Å². The van der Waals surface area contributed by atoms with Crippen LogP contribution in [0, 0.1) is 0 Å². The summed E-state index contributed by atoms with van der Waals surface area (Å²) < 4.78 is 6.80. The highest BCUT2D eigenvalue weighted by Crippen LogP contribution is 2.29. The Balaban J connectivity index is 2.88. The molecule has 0 aliphatic heterocycles. The minimum atomic E-state index is -0.791. The molecule has 0 saturated carbocycles. The number of ether oxygens (including phenoxy) is 1. The maximum Gasteiger partial charge on any atom is 0.125 e. The van der Waals surface area contributed by atoms with Gasteiger partial charge in [-0.2, -0.15) is 0 Å². The molecule has 2 N–H and O–H groups in total. The molecule has 0 aliphatic carbocycles. The Bertz CT molecular complexity index is 407. The van der Waals surface area contributed by atoms with Gasteiger partial charge in [0.25, 0.3) is 0 Å². The van der Waals surface area contributed by atoms with Crippen LogP contribution in [0.1, 0.15) is 45.7 Å². The van der Waals surface area contributed by atoms with Gasteiger partial charge in [-0.05, 0) is 38.9 Å². The third kappa shape index (κ3) is 5.13. The summed E-state index contributed by atoms with van der Waals surface area (Å²) in [6.07, 6.45) is 0.666. The quantitative estimate of drug-likeness (QED) is 0.802. The van der Waals surface area contributed by atoms with Crippen LogP contribution in [0.3, 0.4) is 0 Å². The van der Waals surface area contributed by atoms with Crippen molar-refractivity contribution in [2.45, 2.75) is 45.8 Å². The second-order valence-electron chi connectivity index (χ2n) is 5.10. The Labute approximate surface area is 124 Å². The van der Waals surface area contributed by atoms with Gasteiger partial charge in [-0.3, -0.25) is 0 Å². The van der Waals surface area contributed by atoms with Gasteiger partial charge in [-0.1, -0.05) is 35.8 Å². The average molecular weight is 330 g/mol. The molecule has 0 aromatic heterocycles. The maximum atomic E-state index is 10.0. The molecule has 2 unspecified atom stereocenters. The normalized spacial score (nSPS) is 15.9. The first-order valence-corrected chi connectivity index (χ1v) is 7.57. The molecule has 0 bridgehead atoms. The van der Waals surface area contributed by atoms with Crippen molar-refractivity contribution in [1.29, 1.82) is 0 Å². The Morgan fingerprint density at radius 2 is 2.11 bits per heavy atom. The standard InChI is InChI=1S/C15H24BrNO2/c1-5-15(4,18)10-19-14-9-12(16)7-8-13(14)11(3)17-6-2/h7-9,11,17-18H,5-6,10H2,1-4H3. The van der Waals surface area contributed by atoms with Crippen LogP contribution >= 0.6 is 15.9 Å². The molecule has 19 heavy (non-hydrogen) atoms. The van der Waals surface area contributed by atoms with E-state index in [0.29, 0.717) is 13.0 Å². The Kier molecular flexibility index (Phi) is 6.30. The highest BCUT2D eigenvalue weighted by atomic mass is 79.9. The molecule has 0 saturated heterocycles. The van der Waals surface area contributed by atoms with Crippen molar-refractivity contribution in [3.63, 3.8) is 0 Å². The summed E-state index contributed by atoms with van der Waals surface area (Å²) in [6, 6.07) is 6.23. The lowest BCUT2D eigenvalue weighted by Gasteiger charge is -2.24. The molecule has 0 fully saturated rings.